The van der Waals surface area contributed by atoms with E-state index in [9.17, 15) is 22.0 Å². The molecule has 36 heavy (non-hydrogen) atoms. The van der Waals surface area contributed by atoms with Gasteiger partial charge in [-0.15, -0.1) is 0 Å². The van der Waals surface area contributed by atoms with Gasteiger partial charge in [-0.25, -0.2) is 21.9 Å². The van der Waals surface area contributed by atoms with E-state index in [1.807, 2.05) is 30.0 Å². The van der Waals surface area contributed by atoms with Crippen molar-refractivity contribution in [3.05, 3.63) is 64.8 Å². The molecule has 1 aliphatic rings. The minimum absolute atomic E-state index is 0.199. The summed E-state index contributed by atoms with van der Waals surface area (Å²) < 4.78 is 56.8. The summed E-state index contributed by atoms with van der Waals surface area (Å²) in [6.07, 6.45) is 0.368. The zero-order chi connectivity index (χ0) is 26.0. The number of fused-ring (bicyclic) bond motifs is 1. The van der Waals surface area contributed by atoms with Crippen LogP contribution in [0.5, 0.6) is 5.75 Å². The molecule has 0 bridgehead atoms. The lowest BCUT2D eigenvalue weighted by Crippen LogP contribution is -2.49. The summed E-state index contributed by atoms with van der Waals surface area (Å²) in [5, 5.41) is 1.05. The molecule has 194 valence electrons. The molecule has 1 aromatic heterocycles. The fourth-order valence-corrected chi connectivity index (χ4v) is 5.27. The van der Waals surface area contributed by atoms with Crippen molar-refractivity contribution in [2.75, 3.05) is 39.5 Å². The van der Waals surface area contributed by atoms with E-state index in [-0.39, 0.29) is 18.2 Å². The van der Waals surface area contributed by atoms with Crippen LogP contribution in [0, 0.1) is 6.92 Å². The lowest BCUT2D eigenvalue weighted by Gasteiger charge is -2.42. The monoisotopic (exact) mass is 520 g/mol. The predicted octanol–water partition coefficient (Wildman–Crippen LogP) is 3.30. The third-order valence-corrected chi connectivity index (χ3v) is 7.06. The molecule has 0 radical (unpaired) electrons. The van der Waals surface area contributed by atoms with Crippen molar-refractivity contribution in [3.63, 3.8) is 0 Å². The first-order valence-electron chi connectivity index (χ1n) is 11.6. The molecule has 1 fully saturated rings. The maximum absolute atomic E-state index is 13.2. The Kier molecular flexibility index (Phi) is 7.62. The molecule has 2 aromatic carbocycles. The zero-order valence-corrected chi connectivity index (χ0v) is 21.2. The van der Waals surface area contributed by atoms with Crippen LogP contribution in [-0.4, -0.2) is 75.1 Å². The number of benzene rings is 2. The molecule has 1 amide bonds. The van der Waals surface area contributed by atoms with Crippen molar-refractivity contribution in [2.24, 2.45) is 0 Å². The number of hydrogen-bond donors (Lipinski definition) is 2. The Hall–Kier alpha value is -3.02. The summed E-state index contributed by atoms with van der Waals surface area (Å²) in [6, 6.07) is 10.4. The number of alkyl halides is 2. The van der Waals surface area contributed by atoms with Gasteiger partial charge in [0.15, 0.2) is 0 Å². The molecule has 0 aliphatic carbocycles. The van der Waals surface area contributed by atoms with Crippen LogP contribution in [0.1, 0.15) is 33.1 Å². The maximum Gasteiger partial charge on any atom is 0.264 e. The fraction of sp³-hybridized carbons (Fsp3) is 0.400. The second-order valence-electron chi connectivity index (χ2n) is 9.10. The molecule has 2 heterocycles. The van der Waals surface area contributed by atoms with E-state index >= 15 is 0 Å². The molecule has 2 N–H and O–H groups in total. The van der Waals surface area contributed by atoms with Crippen LogP contribution in [-0.2, 0) is 16.6 Å². The molecule has 11 heteroatoms. The van der Waals surface area contributed by atoms with Gasteiger partial charge in [-0.3, -0.25) is 14.6 Å². The third kappa shape index (κ3) is 5.85. The second kappa shape index (κ2) is 10.5. The fourth-order valence-electron chi connectivity index (χ4n) is 4.81. The van der Waals surface area contributed by atoms with E-state index in [1.54, 1.807) is 36.3 Å². The third-order valence-electron chi connectivity index (χ3n) is 6.50. The van der Waals surface area contributed by atoms with Gasteiger partial charge in [-0.2, -0.15) is 0 Å². The van der Waals surface area contributed by atoms with Crippen LogP contribution in [0.15, 0.2) is 42.6 Å². The van der Waals surface area contributed by atoms with Crippen molar-refractivity contribution in [2.45, 2.75) is 25.9 Å². The number of halogens is 2. The Labute approximate surface area is 209 Å². The lowest BCUT2D eigenvalue weighted by atomic mass is 9.98. The minimum atomic E-state index is -3.69. The van der Waals surface area contributed by atoms with Crippen molar-refractivity contribution in [1.82, 2.24) is 19.5 Å². The highest BCUT2D eigenvalue weighted by atomic mass is 32.2. The number of sulfonamides is 1. The number of carbonyl (C=O) groups excluding carboxylic acids is 1. The van der Waals surface area contributed by atoms with E-state index in [1.165, 1.54) is 0 Å². The molecule has 8 nitrogen and oxygen atoms in total. The van der Waals surface area contributed by atoms with E-state index in [0.717, 1.165) is 39.6 Å². The summed E-state index contributed by atoms with van der Waals surface area (Å²) >= 11 is 0. The SMILES string of the molecule is COc1cc(C)c2[nH]ccc2c1CN1CCN(CC(F)F)C[C@H]1c1ccc(C(=O)NS(C)(=O)=O)cc1. The maximum atomic E-state index is 13.2. The number of carbonyl (C=O) groups is 1. The van der Waals surface area contributed by atoms with Gasteiger partial charge in [0.05, 0.1) is 19.9 Å². The van der Waals surface area contributed by atoms with Crippen LogP contribution in [0.25, 0.3) is 10.9 Å². The Balaban J connectivity index is 1.65. The van der Waals surface area contributed by atoms with Gasteiger partial charge >= 0.3 is 0 Å². The first-order valence-corrected chi connectivity index (χ1v) is 13.4. The Morgan fingerprint density at radius 2 is 1.94 bits per heavy atom. The highest BCUT2D eigenvalue weighted by Gasteiger charge is 2.31. The Bertz CT molecular complexity index is 1340. The summed E-state index contributed by atoms with van der Waals surface area (Å²) in [5.41, 5.74) is 4.15. The Morgan fingerprint density at radius 1 is 1.22 bits per heavy atom. The van der Waals surface area contributed by atoms with Crippen LogP contribution in [0.4, 0.5) is 8.78 Å². The van der Waals surface area contributed by atoms with E-state index in [0.29, 0.717) is 26.2 Å². The quantitative estimate of drug-likeness (QED) is 0.473. The molecular formula is C25H30F2N4O4S. The van der Waals surface area contributed by atoms with Crippen molar-refractivity contribution < 1.29 is 26.7 Å². The number of methoxy groups -OCH3 is 1. The number of nitrogens with zero attached hydrogens (tertiary/aromatic N) is 2. The number of hydrogen-bond acceptors (Lipinski definition) is 6. The van der Waals surface area contributed by atoms with E-state index in [2.05, 4.69) is 9.88 Å². The average Bonchev–Trinajstić information content (AvgIpc) is 3.31. The number of ether oxygens (including phenoxy) is 1. The van der Waals surface area contributed by atoms with Gasteiger partial charge < -0.3 is 9.72 Å². The second-order valence-corrected chi connectivity index (χ2v) is 10.9. The van der Waals surface area contributed by atoms with Gasteiger partial charge in [-0.05, 0) is 42.3 Å². The molecule has 1 saturated heterocycles. The number of piperazine rings is 1. The number of H-pyrrole nitrogens is 1. The van der Waals surface area contributed by atoms with Gasteiger partial charge in [0.2, 0.25) is 10.0 Å². The van der Waals surface area contributed by atoms with Crippen LogP contribution < -0.4 is 9.46 Å². The largest absolute Gasteiger partial charge is 0.496 e. The topological polar surface area (TPSA) is 94.7 Å². The molecule has 0 unspecified atom stereocenters. The smallest absolute Gasteiger partial charge is 0.264 e. The first kappa shape index (κ1) is 26.1. The van der Waals surface area contributed by atoms with Gasteiger partial charge in [0.1, 0.15) is 5.75 Å². The summed E-state index contributed by atoms with van der Waals surface area (Å²) in [4.78, 5) is 19.5. The number of aryl methyl sites for hydroxylation is 1. The molecule has 0 saturated carbocycles. The first-order chi connectivity index (χ1) is 17.1. The number of rotatable bonds is 8. The molecule has 0 spiro atoms. The number of nitrogens with one attached hydrogen (secondary N) is 2. The van der Waals surface area contributed by atoms with Gasteiger partial charge in [0, 0.05) is 60.4 Å². The van der Waals surface area contributed by atoms with Crippen molar-refractivity contribution in [3.8, 4) is 5.75 Å². The molecular weight excluding hydrogens is 490 g/mol. The van der Waals surface area contributed by atoms with E-state index in [4.69, 9.17) is 4.74 Å². The van der Waals surface area contributed by atoms with Crippen molar-refractivity contribution >= 4 is 26.8 Å². The normalized spacial score (nSPS) is 17.6. The van der Waals surface area contributed by atoms with Gasteiger partial charge in [-0.1, -0.05) is 12.1 Å². The number of aromatic nitrogens is 1. The predicted molar refractivity (Wildman–Crippen MR) is 134 cm³/mol. The molecule has 4 rings (SSSR count). The Morgan fingerprint density at radius 3 is 2.58 bits per heavy atom. The zero-order valence-electron chi connectivity index (χ0n) is 20.4. The van der Waals surface area contributed by atoms with Crippen molar-refractivity contribution in [1.29, 1.82) is 0 Å². The van der Waals surface area contributed by atoms with E-state index < -0.39 is 22.4 Å². The summed E-state index contributed by atoms with van der Waals surface area (Å²) in [7, 11) is -2.05. The van der Waals surface area contributed by atoms with Crippen LogP contribution in [0.2, 0.25) is 0 Å². The minimum Gasteiger partial charge on any atom is -0.496 e. The molecule has 1 atom stereocenters. The summed E-state index contributed by atoms with van der Waals surface area (Å²) in [6.45, 7) is 3.70. The summed E-state index contributed by atoms with van der Waals surface area (Å²) in [5.74, 6) is 0.0456. The standard InChI is InChI=1S/C25H30F2N4O4S/c1-16-12-22(35-2)20(19-8-9-28-24(16)19)13-31-11-10-30(15-23(26)27)14-21(31)17-4-6-18(7-5-17)25(32)29-36(3,33)34/h4-9,12,21,23,28H,10-11,13-15H2,1-3H3,(H,29,32)/t21-/m0/s1. The average molecular weight is 521 g/mol. The van der Waals surface area contributed by atoms with Gasteiger partial charge in [0.25, 0.3) is 12.3 Å². The van der Waals surface area contributed by atoms with Crippen LogP contribution in [0.3, 0.4) is 0 Å². The molecule has 1 aliphatic heterocycles. The number of amides is 1. The highest BCUT2D eigenvalue weighted by Crippen LogP contribution is 2.35. The number of aromatic amines is 1. The lowest BCUT2D eigenvalue weighted by molar-refractivity contribution is 0.0246. The van der Waals surface area contributed by atoms with Crippen LogP contribution >= 0.6 is 0 Å². The highest BCUT2D eigenvalue weighted by molar-refractivity contribution is 7.89. The molecule has 3 aromatic rings.